The topological polar surface area (TPSA) is 73.2 Å². The van der Waals surface area contributed by atoms with E-state index in [1.807, 2.05) is 28.8 Å². The number of nitrogens with zero attached hydrogens (tertiary/aromatic N) is 2. The molecule has 1 aromatic heterocycles. The Hall–Kier alpha value is -2.38. The normalized spacial score (nSPS) is 11.7. The maximum absolute atomic E-state index is 12.4. The van der Waals surface area contributed by atoms with Crippen molar-refractivity contribution in [2.75, 3.05) is 13.7 Å². The van der Waals surface area contributed by atoms with Crippen LogP contribution in [0, 0.1) is 0 Å². The lowest BCUT2D eigenvalue weighted by atomic mass is 10.3. The van der Waals surface area contributed by atoms with E-state index in [9.17, 15) is 8.42 Å². The highest BCUT2D eigenvalue weighted by atomic mass is 32.2. The number of aromatic nitrogens is 2. The minimum atomic E-state index is -3.59. The van der Waals surface area contributed by atoms with Gasteiger partial charge in [0.05, 0.1) is 24.5 Å². The number of para-hydroxylation sites is 3. The van der Waals surface area contributed by atoms with Crippen molar-refractivity contribution in [2.24, 2.45) is 0 Å². The van der Waals surface area contributed by atoms with Crippen molar-refractivity contribution in [3.63, 3.8) is 0 Å². The van der Waals surface area contributed by atoms with Crippen molar-refractivity contribution >= 4 is 21.1 Å². The van der Waals surface area contributed by atoms with Crippen LogP contribution in [0.1, 0.15) is 6.42 Å². The number of imidazole rings is 1. The number of benzene rings is 2. The highest BCUT2D eigenvalue weighted by Gasteiger charge is 2.18. The summed E-state index contributed by atoms with van der Waals surface area (Å²) in [4.78, 5) is 4.48. The molecule has 7 heteroatoms. The Balaban J connectivity index is 1.62. The summed E-state index contributed by atoms with van der Waals surface area (Å²) < 4.78 is 34.5. The second kappa shape index (κ2) is 7.02. The van der Waals surface area contributed by atoms with Gasteiger partial charge in [0.15, 0.2) is 0 Å². The van der Waals surface area contributed by atoms with Crippen molar-refractivity contribution in [1.82, 2.24) is 14.3 Å². The van der Waals surface area contributed by atoms with Gasteiger partial charge in [0.1, 0.15) is 10.6 Å². The van der Waals surface area contributed by atoms with Gasteiger partial charge in [0.25, 0.3) is 0 Å². The Kier molecular flexibility index (Phi) is 4.82. The van der Waals surface area contributed by atoms with Crippen molar-refractivity contribution in [1.29, 1.82) is 0 Å². The fourth-order valence-corrected chi connectivity index (χ4v) is 3.81. The monoisotopic (exact) mass is 345 g/mol. The Morgan fingerprint density at radius 3 is 2.71 bits per heavy atom. The highest BCUT2D eigenvalue weighted by Crippen LogP contribution is 2.22. The van der Waals surface area contributed by atoms with Crippen LogP contribution in [-0.4, -0.2) is 31.6 Å². The number of ether oxygens (including phenoxy) is 1. The number of fused-ring (bicyclic) bond motifs is 1. The highest BCUT2D eigenvalue weighted by molar-refractivity contribution is 7.89. The van der Waals surface area contributed by atoms with Crippen LogP contribution in [0.5, 0.6) is 5.75 Å². The Bertz CT molecular complexity index is 935. The van der Waals surface area contributed by atoms with E-state index in [2.05, 4.69) is 9.71 Å². The molecule has 126 valence electrons. The van der Waals surface area contributed by atoms with E-state index in [-0.39, 0.29) is 4.90 Å². The summed E-state index contributed by atoms with van der Waals surface area (Å²) in [7, 11) is -2.13. The molecule has 0 aliphatic heterocycles. The first-order valence-electron chi connectivity index (χ1n) is 7.64. The van der Waals surface area contributed by atoms with Gasteiger partial charge in [-0.15, -0.1) is 0 Å². The molecular formula is C17H19N3O3S. The third-order valence-electron chi connectivity index (χ3n) is 3.75. The summed E-state index contributed by atoms with van der Waals surface area (Å²) in [5.41, 5.74) is 1.98. The molecule has 0 fully saturated rings. The van der Waals surface area contributed by atoms with Gasteiger partial charge in [-0.1, -0.05) is 24.3 Å². The number of methoxy groups -OCH3 is 1. The van der Waals surface area contributed by atoms with Crippen LogP contribution in [0.2, 0.25) is 0 Å². The van der Waals surface area contributed by atoms with Gasteiger partial charge >= 0.3 is 0 Å². The largest absolute Gasteiger partial charge is 0.495 e. The van der Waals surface area contributed by atoms with Crippen LogP contribution >= 0.6 is 0 Å². The molecule has 0 saturated heterocycles. The number of rotatable bonds is 7. The zero-order valence-electron chi connectivity index (χ0n) is 13.3. The molecule has 1 N–H and O–H groups in total. The van der Waals surface area contributed by atoms with Gasteiger partial charge in [-0.3, -0.25) is 0 Å². The second-order valence-corrected chi connectivity index (χ2v) is 7.06. The number of hydrogen-bond donors (Lipinski definition) is 1. The van der Waals surface area contributed by atoms with E-state index >= 15 is 0 Å². The van der Waals surface area contributed by atoms with E-state index in [0.29, 0.717) is 25.3 Å². The predicted molar refractivity (Wildman–Crippen MR) is 92.5 cm³/mol. The molecule has 0 saturated carbocycles. The van der Waals surface area contributed by atoms with Crippen molar-refractivity contribution in [3.05, 3.63) is 54.9 Å². The molecule has 0 amide bonds. The third kappa shape index (κ3) is 3.42. The lowest BCUT2D eigenvalue weighted by molar-refractivity contribution is 0.402. The molecule has 0 atom stereocenters. The lowest BCUT2D eigenvalue weighted by Gasteiger charge is -2.10. The maximum Gasteiger partial charge on any atom is 0.244 e. The van der Waals surface area contributed by atoms with Gasteiger partial charge in [-0.2, -0.15) is 0 Å². The number of hydrogen-bond acceptors (Lipinski definition) is 4. The number of sulfonamides is 1. The van der Waals surface area contributed by atoms with Crippen molar-refractivity contribution in [2.45, 2.75) is 17.9 Å². The maximum atomic E-state index is 12.4. The zero-order chi connectivity index (χ0) is 17.0. The summed E-state index contributed by atoms with van der Waals surface area (Å²) in [6.45, 7) is 1.03. The van der Waals surface area contributed by atoms with Crippen molar-refractivity contribution < 1.29 is 13.2 Å². The summed E-state index contributed by atoms with van der Waals surface area (Å²) in [5, 5.41) is 0. The molecule has 2 aromatic carbocycles. The van der Waals surface area contributed by atoms with Crippen LogP contribution < -0.4 is 9.46 Å². The molecule has 0 unspecified atom stereocenters. The SMILES string of the molecule is COc1ccccc1S(=O)(=O)NCCCn1cnc2ccccc21. The molecule has 0 aliphatic rings. The molecule has 3 rings (SSSR count). The minimum absolute atomic E-state index is 0.153. The Labute approximate surface area is 141 Å². The third-order valence-corrected chi connectivity index (χ3v) is 5.25. The van der Waals surface area contributed by atoms with E-state index in [1.165, 1.54) is 13.2 Å². The summed E-state index contributed by atoms with van der Waals surface area (Å²) in [5.74, 6) is 0.339. The molecule has 0 bridgehead atoms. The van der Waals surface area contributed by atoms with E-state index < -0.39 is 10.0 Å². The quantitative estimate of drug-likeness (QED) is 0.668. The average Bonchev–Trinajstić information content (AvgIpc) is 3.02. The minimum Gasteiger partial charge on any atom is -0.495 e. The molecule has 0 aliphatic carbocycles. The molecular weight excluding hydrogens is 326 g/mol. The van der Waals surface area contributed by atoms with Crippen molar-refractivity contribution in [3.8, 4) is 5.75 Å². The molecule has 24 heavy (non-hydrogen) atoms. The standard InChI is InChI=1S/C17H19N3O3S/c1-23-16-9-4-5-10-17(16)24(21,22)19-11-6-12-20-13-18-14-7-2-3-8-15(14)20/h2-5,7-10,13,19H,6,11-12H2,1H3. The van der Waals surface area contributed by atoms with Crippen LogP contribution in [-0.2, 0) is 16.6 Å². The van der Waals surface area contributed by atoms with Gasteiger partial charge < -0.3 is 9.30 Å². The fraction of sp³-hybridized carbons (Fsp3) is 0.235. The summed E-state index contributed by atoms with van der Waals surface area (Å²) >= 11 is 0. The lowest BCUT2D eigenvalue weighted by Crippen LogP contribution is -2.26. The Morgan fingerprint density at radius 1 is 1.12 bits per heavy atom. The van der Waals surface area contributed by atoms with E-state index in [4.69, 9.17) is 4.74 Å². The average molecular weight is 345 g/mol. The van der Waals surface area contributed by atoms with Gasteiger partial charge in [-0.25, -0.2) is 18.1 Å². The first-order chi connectivity index (χ1) is 11.6. The molecule has 6 nitrogen and oxygen atoms in total. The predicted octanol–water partition coefficient (Wildman–Crippen LogP) is 2.41. The number of aryl methyl sites for hydroxylation is 1. The van der Waals surface area contributed by atoms with Gasteiger partial charge in [-0.05, 0) is 30.7 Å². The van der Waals surface area contributed by atoms with Crippen LogP contribution in [0.15, 0.2) is 59.8 Å². The van der Waals surface area contributed by atoms with E-state index in [1.54, 1.807) is 24.5 Å². The zero-order valence-corrected chi connectivity index (χ0v) is 14.2. The first-order valence-corrected chi connectivity index (χ1v) is 9.13. The molecule has 3 aromatic rings. The van der Waals surface area contributed by atoms with Gasteiger partial charge in [0.2, 0.25) is 10.0 Å². The summed E-state index contributed by atoms with van der Waals surface area (Å²) in [6.07, 6.45) is 2.44. The smallest absolute Gasteiger partial charge is 0.244 e. The second-order valence-electron chi connectivity index (χ2n) is 5.33. The molecule has 1 heterocycles. The van der Waals surface area contributed by atoms with Crippen LogP contribution in [0.25, 0.3) is 11.0 Å². The fourth-order valence-electron chi connectivity index (χ4n) is 2.56. The molecule has 0 radical (unpaired) electrons. The number of nitrogens with one attached hydrogen (secondary N) is 1. The molecule has 0 spiro atoms. The van der Waals surface area contributed by atoms with Gasteiger partial charge in [0, 0.05) is 13.1 Å². The van der Waals surface area contributed by atoms with E-state index in [0.717, 1.165) is 11.0 Å². The van der Waals surface area contributed by atoms with Crippen LogP contribution in [0.3, 0.4) is 0 Å². The Morgan fingerprint density at radius 2 is 1.88 bits per heavy atom. The van der Waals surface area contributed by atoms with Crippen LogP contribution in [0.4, 0.5) is 0 Å². The first kappa shape index (κ1) is 16.5. The summed E-state index contributed by atoms with van der Waals surface area (Å²) in [6, 6.07) is 14.4.